The second-order valence-electron chi connectivity index (χ2n) is 3.93. The maximum absolute atomic E-state index is 12.3. The average Bonchev–Trinajstić information content (AvgIpc) is 2.49. The minimum absolute atomic E-state index is 0.0155. The molecule has 9 heteroatoms. The highest BCUT2D eigenvalue weighted by Gasteiger charge is 2.16. The van der Waals surface area contributed by atoms with Crippen LogP contribution in [0.1, 0.15) is 5.56 Å². The number of pyridine rings is 1. The van der Waals surface area contributed by atoms with E-state index < -0.39 is 10.0 Å². The predicted octanol–water partition coefficient (Wildman–Crippen LogP) is 1.80. The lowest BCUT2D eigenvalue weighted by Crippen LogP contribution is -2.15. The van der Waals surface area contributed by atoms with Gasteiger partial charge in [0.1, 0.15) is 5.82 Å². The number of nitriles is 1. The van der Waals surface area contributed by atoms with Crippen LogP contribution < -0.4 is 16.0 Å². The van der Waals surface area contributed by atoms with Crippen molar-refractivity contribution in [2.45, 2.75) is 4.90 Å². The number of hydrogen-bond donors (Lipinski definition) is 3. The van der Waals surface area contributed by atoms with E-state index in [1.807, 2.05) is 6.07 Å². The van der Waals surface area contributed by atoms with Crippen molar-refractivity contribution in [3.63, 3.8) is 0 Å². The van der Waals surface area contributed by atoms with E-state index in [0.29, 0.717) is 15.7 Å². The number of hydrogen-bond acceptors (Lipinski definition) is 6. The summed E-state index contributed by atoms with van der Waals surface area (Å²) >= 11 is 3.22. The fourth-order valence-electron chi connectivity index (χ4n) is 1.53. The summed E-state index contributed by atoms with van der Waals surface area (Å²) < 4.78 is 27.5. The maximum atomic E-state index is 12.3. The fourth-order valence-corrected chi connectivity index (χ4v) is 3.23. The number of benzene rings is 1. The number of anilines is 2. The normalized spacial score (nSPS) is 10.7. The zero-order valence-electron chi connectivity index (χ0n) is 10.5. The molecule has 0 aliphatic heterocycles. The van der Waals surface area contributed by atoms with Gasteiger partial charge in [-0.2, -0.15) is 5.26 Å². The van der Waals surface area contributed by atoms with E-state index in [4.69, 9.17) is 11.1 Å². The van der Waals surface area contributed by atoms with Gasteiger partial charge in [-0.1, -0.05) is 0 Å². The monoisotopic (exact) mass is 367 g/mol. The lowest BCUT2D eigenvalue weighted by molar-refractivity contribution is 0.601. The molecular formula is C12H10BrN5O2S. The highest BCUT2D eigenvalue weighted by atomic mass is 79.9. The number of nitrogen functional groups attached to an aromatic ring is 1. The summed E-state index contributed by atoms with van der Waals surface area (Å²) in [7, 11) is -3.79. The zero-order chi connectivity index (χ0) is 15.5. The summed E-state index contributed by atoms with van der Waals surface area (Å²) in [5.41, 5.74) is 3.03. The molecule has 0 spiro atoms. The molecule has 21 heavy (non-hydrogen) atoms. The third kappa shape index (κ3) is 3.49. The smallest absolute Gasteiger partial charge is 0.262 e. The summed E-state index contributed by atoms with van der Waals surface area (Å²) in [6.45, 7) is 0. The first-order valence-corrected chi connectivity index (χ1v) is 7.89. The van der Waals surface area contributed by atoms with Crippen molar-refractivity contribution in [1.82, 2.24) is 4.98 Å². The topological polar surface area (TPSA) is 121 Å². The molecule has 0 unspecified atom stereocenters. The number of halogens is 1. The highest BCUT2D eigenvalue weighted by Crippen LogP contribution is 2.26. The third-order valence-corrected chi connectivity index (χ3v) is 4.55. The maximum Gasteiger partial charge on any atom is 0.262 e. The van der Waals surface area contributed by atoms with E-state index in [-0.39, 0.29) is 10.7 Å². The molecule has 1 aromatic carbocycles. The van der Waals surface area contributed by atoms with Crippen LogP contribution in [0.4, 0.5) is 11.5 Å². The van der Waals surface area contributed by atoms with Crippen LogP contribution in [0.25, 0.3) is 0 Å². The van der Waals surface area contributed by atoms with Gasteiger partial charge >= 0.3 is 0 Å². The van der Waals surface area contributed by atoms with E-state index in [9.17, 15) is 8.42 Å². The van der Waals surface area contributed by atoms with Crippen LogP contribution in [0.5, 0.6) is 0 Å². The summed E-state index contributed by atoms with van der Waals surface area (Å²) in [4.78, 5) is 3.86. The van der Waals surface area contributed by atoms with Gasteiger partial charge in [-0.3, -0.25) is 4.72 Å². The van der Waals surface area contributed by atoms with Crippen molar-refractivity contribution in [1.29, 1.82) is 5.26 Å². The summed E-state index contributed by atoms with van der Waals surface area (Å²) in [6.07, 6.45) is 1.33. The van der Waals surface area contributed by atoms with Crippen LogP contribution in [-0.2, 0) is 10.0 Å². The molecule has 0 saturated carbocycles. The number of hydrazine groups is 1. The molecule has 0 atom stereocenters. The largest absolute Gasteiger partial charge is 0.308 e. The van der Waals surface area contributed by atoms with E-state index in [2.05, 4.69) is 31.1 Å². The van der Waals surface area contributed by atoms with Crippen LogP contribution in [-0.4, -0.2) is 13.4 Å². The Morgan fingerprint density at radius 2 is 2.05 bits per heavy atom. The molecule has 0 aliphatic rings. The van der Waals surface area contributed by atoms with Crippen LogP contribution in [0.2, 0.25) is 0 Å². The van der Waals surface area contributed by atoms with Crippen molar-refractivity contribution in [3.05, 3.63) is 46.6 Å². The van der Waals surface area contributed by atoms with Crippen molar-refractivity contribution >= 4 is 37.5 Å². The summed E-state index contributed by atoms with van der Waals surface area (Å²) in [5.74, 6) is 5.44. The first-order chi connectivity index (χ1) is 9.96. The molecule has 2 aromatic rings. The van der Waals surface area contributed by atoms with E-state index in [1.165, 1.54) is 36.5 Å². The molecule has 1 aromatic heterocycles. The Balaban J connectivity index is 2.35. The van der Waals surface area contributed by atoms with Gasteiger partial charge in [0.2, 0.25) is 0 Å². The Morgan fingerprint density at radius 1 is 1.29 bits per heavy atom. The molecule has 2 rings (SSSR count). The summed E-state index contributed by atoms with van der Waals surface area (Å²) in [5, 5.41) is 8.79. The standard InChI is InChI=1S/C12H10BrN5O2S/c13-10-5-8(7-14)1-2-11(10)18-21(19,20)9-3-4-16-12(6-9)17-15/h1-6,18H,15H2,(H,16,17). The number of sulfonamides is 1. The Labute approximate surface area is 130 Å². The van der Waals surface area contributed by atoms with Gasteiger partial charge in [0.15, 0.2) is 0 Å². The Morgan fingerprint density at radius 3 is 2.67 bits per heavy atom. The average molecular weight is 368 g/mol. The molecule has 0 amide bonds. The van der Waals surface area contributed by atoms with Crippen molar-refractivity contribution in [3.8, 4) is 6.07 Å². The first kappa shape index (κ1) is 15.2. The molecule has 7 nitrogen and oxygen atoms in total. The van der Waals surface area contributed by atoms with Crippen LogP contribution in [0.3, 0.4) is 0 Å². The van der Waals surface area contributed by atoms with E-state index in [1.54, 1.807) is 0 Å². The van der Waals surface area contributed by atoms with Crippen molar-refractivity contribution in [2.75, 3.05) is 10.1 Å². The molecule has 1 heterocycles. The van der Waals surface area contributed by atoms with E-state index >= 15 is 0 Å². The second-order valence-corrected chi connectivity index (χ2v) is 6.47. The SMILES string of the molecule is N#Cc1ccc(NS(=O)(=O)c2ccnc(NN)c2)c(Br)c1. The number of aromatic nitrogens is 1. The van der Waals surface area contributed by atoms with Gasteiger partial charge in [-0.05, 0) is 40.2 Å². The lowest BCUT2D eigenvalue weighted by Gasteiger charge is -2.10. The fraction of sp³-hybridized carbons (Fsp3) is 0. The Hall–Kier alpha value is -2.15. The second kappa shape index (κ2) is 6.09. The van der Waals surface area contributed by atoms with Gasteiger partial charge in [-0.15, -0.1) is 0 Å². The third-order valence-electron chi connectivity index (χ3n) is 2.53. The van der Waals surface area contributed by atoms with Gasteiger partial charge in [-0.25, -0.2) is 19.2 Å². The Bertz CT molecular complexity index is 817. The van der Waals surface area contributed by atoms with Gasteiger partial charge in [0.25, 0.3) is 10.0 Å². The van der Waals surface area contributed by atoms with Crippen LogP contribution in [0.15, 0.2) is 45.9 Å². The lowest BCUT2D eigenvalue weighted by atomic mass is 10.2. The Kier molecular flexibility index (Phi) is 4.42. The molecule has 108 valence electrons. The number of nitrogens with zero attached hydrogens (tertiary/aromatic N) is 2. The molecule has 0 radical (unpaired) electrons. The van der Waals surface area contributed by atoms with Crippen molar-refractivity contribution < 1.29 is 8.42 Å². The number of nitrogens with two attached hydrogens (primary N) is 1. The van der Waals surface area contributed by atoms with Crippen LogP contribution >= 0.6 is 15.9 Å². The highest BCUT2D eigenvalue weighted by molar-refractivity contribution is 9.10. The van der Waals surface area contributed by atoms with Gasteiger partial charge in [0, 0.05) is 16.7 Å². The van der Waals surface area contributed by atoms with E-state index in [0.717, 1.165) is 0 Å². The molecule has 0 bridgehead atoms. The zero-order valence-corrected chi connectivity index (χ0v) is 12.9. The molecule has 0 aliphatic carbocycles. The minimum atomic E-state index is -3.79. The van der Waals surface area contributed by atoms with Gasteiger partial charge < -0.3 is 5.43 Å². The first-order valence-electron chi connectivity index (χ1n) is 5.61. The van der Waals surface area contributed by atoms with Gasteiger partial charge in [0.05, 0.1) is 22.2 Å². The minimum Gasteiger partial charge on any atom is -0.308 e. The predicted molar refractivity (Wildman–Crippen MR) is 81.7 cm³/mol. The molecular weight excluding hydrogens is 358 g/mol. The molecule has 0 saturated heterocycles. The quantitative estimate of drug-likeness (QED) is 0.559. The number of nitrogens with one attached hydrogen (secondary N) is 2. The van der Waals surface area contributed by atoms with Crippen LogP contribution in [0, 0.1) is 11.3 Å². The molecule has 4 N–H and O–H groups in total. The summed E-state index contributed by atoms with van der Waals surface area (Å²) in [6, 6.07) is 9.16. The molecule has 0 fully saturated rings. The number of rotatable bonds is 4. The van der Waals surface area contributed by atoms with Crippen molar-refractivity contribution in [2.24, 2.45) is 5.84 Å².